The van der Waals surface area contributed by atoms with Crippen LogP contribution in [0.5, 0.6) is 11.5 Å². The van der Waals surface area contributed by atoms with Gasteiger partial charge in [-0.2, -0.15) is 5.10 Å². The Labute approximate surface area is 117 Å². The standard InChI is InChI=1S/C16H15N3O/c1-11-15(16(17)19-18-11)12-7-9-14(10-8-12)20-13-5-3-2-4-6-13/h2-10H,1H3,(H3,17,18,19). The van der Waals surface area contributed by atoms with E-state index in [0.29, 0.717) is 5.82 Å². The van der Waals surface area contributed by atoms with Gasteiger partial charge in [0, 0.05) is 11.3 Å². The van der Waals surface area contributed by atoms with Crippen LogP contribution in [0.25, 0.3) is 11.1 Å². The summed E-state index contributed by atoms with van der Waals surface area (Å²) in [6, 6.07) is 17.5. The lowest BCUT2D eigenvalue weighted by Crippen LogP contribution is -1.89. The minimum absolute atomic E-state index is 0.513. The second-order valence-corrected chi connectivity index (χ2v) is 4.55. The molecule has 0 aliphatic heterocycles. The van der Waals surface area contributed by atoms with E-state index >= 15 is 0 Å². The topological polar surface area (TPSA) is 63.9 Å². The number of anilines is 1. The minimum atomic E-state index is 0.513. The summed E-state index contributed by atoms with van der Waals surface area (Å²) in [5.41, 5.74) is 8.78. The quantitative estimate of drug-likeness (QED) is 0.757. The third kappa shape index (κ3) is 2.36. The Morgan fingerprint density at radius 1 is 0.950 bits per heavy atom. The van der Waals surface area contributed by atoms with Gasteiger partial charge in [-0.25, -0.2) is 0 Å². The van der Waals surface area contributed by atoms with Gasteiger partial charge in [-0.05, 0) is 36.8 Å². The smallest absolute Gasteiger partial charge is 0.153 e. The maximum absolute atomic E-state index is 5.86. The van der Waals surface area contributed by atoms with Crippen LogP contribution in [0, 0.1) is 6.92 Å². The average Bonchev–Trinajstić information content (AvgIpc) is 2.81. The van der Waals surface area contributed by atoms with Crippen LogP contribution in [0.4, 0.5) is 5.82 Å². The zero-order chi connectivity index (χ0) is 13.9. The van der Waals surface area contributed by atoms with Crippen molar-refractivity contribution in [1.82, 2.24) is 10.2 Å². The highest BCUT2D eigenvalue weighted by Crippen LogP contribution is 2.30. The molecule has 0 fully saturated rings. The molecule has 0 spiro atoms. The summed E-state index contributed by atoms with van der Waals surface area (Å²) in [5, 5.41) is 6.89. The summed E-state index contributed by atoms with van der Waals surface area (Å²) >= 11 is 0. The SMILES string of the molecule is Cc1[nH]nc(N)c1-c1ccc(Oc2ccccc2)cc1. The Balaban J connectivity index is 1.85. The molecule has 3 rings (SSSR count). The van der Waals surface area contributed by atoms with Gasteiger partial charge in [-0.3, -0.25) is 5.10 Å². The summed E-state index contributed by atoms with van der Waals surface area (Å²) < 4.78 is 5.76. The van der Waals surface area contributed by atoms with Crippen molar-refractivity contribution in [3.8, 4) is 22.6 Å². The maximum atomic E-state index is 5.86. The molecule has 0 radical (unpaired) electrons. The average molecular weight is 265 g/mol. The van der Waals surface area contributed by atoms with E-state index < -0.39 is 0 Å². The van der Waals surface area contributed by atoms with E-state index in [0.717, 1.165) is 28.3 Å². The van der Waals surface area contributed by atoms with Gasteiger partial charge >= 0.3 is 0 Å². The van der Waals surface area contributed by atoms with Crippen LogP contribution in [0.15, 0.2) is 54.6 Å². The largest absolute Gasteiger partial charge is 0.457 e. The Bertz CT molecular complexity index is 683. The number of H-pyrrole nitrogens is 1. The van der Waals surface area contributed by atoms with Crippen molar-refractivity contribution in [3.05, 3.63) is 60.3 Å². The molecule has 0 amide bonds. The molecule has 0 atom stereocenters. The molecule has 0 unspecified atom stereocenters. The lowest BCUT2D eigenvalue weighted by atomic mass is 10.1. The molecule has 4 nitrogen and oxygen atoms in total. The van der Waals surface area contributed by atoms with Crippen molar-refractivity contribution in [1.29, 1.82) is 0 Å². The lowest BCUT2D eigenvalue weighted by Gasteiger charge is -2.07. The number of hydrogen-bond acceptors (Lipinski definition) is 3. The molecule has 0 saturated carbocycles. The van der Waals surface area contributed by atoms with Crippen molar-refractivity contribution < 1.29 is 4.74 Å². The predicted octanol–water partition coefficient (Wildman–Crippen LogP) is 3.76. The summed E-state index contributed by atoms with van der Waals surface area (Å²) in [6.45, 7) is 1.95. The third-order valence-corrected chi connectivity index (χ3v) is 3.10. The molecular weight excluding hydrogens is 250 g/mol. The number of nitrogens with two attached hydrogens (primary N) is 1. The number of nitrogens with zero attached hydrogens (tertiary/aromatic N) is 1. The van der Waals surface area contributed by atoms with E-state index in [1.165, 1.54) is 0 Å². The van der Waals surface area contributed by atoms with Gasteiger partial charge in [0.25, 0.3) is 0 Å². The molecule has 1 heterocycles. The second-order valence-electron chi connectivity index (χ2n) is 4.55. The van der Waals surface area contributed by atoms with Gasteiger partial charge in [0.15, 0.2) is 5.82 Å². The molecule has 20 heavy (non-hydrogen) atoms. The van der Waals surface area contributed by atoms with E-state index in [4.69, 9.17) is 10.5 Å². The summed E-state index contributed by atoms with van der Waals surface area (Å²) in [6.07, 6.45) is 0. The van der Waals surface area contributed by atoms with Gasteiger partial charge in [-0.15, -0.1) is 0 Å². The van der Waals surface area contributed by atoms with Crippen molar-refractivity contribution in [2.24, 2.45) is 0 Å². The minimum Gasteiger partial charge on any atom is -0.457 e. The highest BCUT2D eigenvalue weighted by molar-refractivity contribution is 5.76. The molecule has 0 aliphatic carbocycles. The Morgan fingerprint density at radius 3 is 2.20 bits per heavy atom. The summed E-state index contributed by atoms with van der Waals surface area (Å²) in [4.78, 5) is 0. The number of ether oxygens (including phenoxy) is 1. The fourth-order valence-electron chi connectivity index (χ4n) is 2.13. The van der Waals surface area contributed by atoms with Gasteiger partial charge in [-0.1, -0.05) is 30.3 Å². The van der Waals surface area contributed by atoms with Gasteiger partial charge in [0.2, 0.25) is 0 Å². The number of benzene rings is 2. The van der Waals surface area contributed by atoms with Crippen LogP contribution in [0.3, 0.4) is 0 Å². The number of para-hydroxylation sites is 1. The predicted molar refractivity (Wildman–Crippen MR) is 79.7 cm³/mol. The number of nitrogen functional groups attached to an aromatic ring is 1. The summed E-state index contributed by atoms with van der Waals surface area (Å²) in [7, 11) is 0. The number of aryl methyl sites for hydroxylation is 1. The number of aromatic nitrogens is 2. The van der Waals surface area contributed by atoms with Crippen LogP contribution < -0.4 is 10.5 Å². The highest BCUT2D eigenvalue weighted by atomic mass is 16.5. The summed E-state index contributed by atoms with van der Waals surface area (Å²) in [5.74, 6) is 2.12. The van der Waals surface area contributed by atoms with Crippen molar-refractivity contribution in [2.45, 2.75) is 6.92 Å². The third-order valence-electron chi connectivity index (χ3n) is 3.10. The molecule has 0 saturated heterocycles. The van der Waals surface area contributed by atoms with Crippen molar-refractivity contribution >= 4 is 5.82 Å². The maximum Gasteiger partial charge on any atom is 0.153 e. The van der Waals surface area contributed by atoms with Crippen LogP contribution in [0.1, 0.15) is 5.69 Å². The van der Waals surface area contributed by atoms with Crippen LogP contribution >= 0.6 is 0 Å². The molecule has 3 N–H and O–H groups in total. The zero-order valence-electron chi connectivity index (χ0n) is 11.1. The first-order valence-electron chi connectivity index (χ1n) is 6.38. The van der Waals surface area contributed by atoms with Gasteiger partial charge < -0.3 is 10.5 Å². The van der Waals surface area contributed by atoms with E-state index in [2.05, 4.69) is 10.2 Å². The lowest BCUT2D eigenvalue weighted by molar-refractivity contribution is 0.483. The Morgan fingerprint density at radius 2 is 1.60 bits per heavy atom. The zero-order valence-corrected chi connectivity index (χ0v) is 11.1. The van der Waals surface area contributed by atoms with E-state index in [9.17, 15) is 0 Å². The molecule has 2 aromatic carbocycles. The molecule has 0 aliphatic rings. The molecule has 3 aromatic rings. The van der Waals surface area contributed by atoms with E-state index in [1.54, 1.807) is 0 Å². The van der Waals surface area contributed by atoms with Crippen LogP contribution in [-0.4, -0.2) is 10.2 Å². The number of hydrogen-bond donors (Lipinski definition) is 2. The fraction of sp³-hybridized carbons (Fsp3) is 0.0625. The first-order valence-corrected chi connectivity index (χ1v) is 6.38. The molecule has 1 aromatic heterocycles. The normalized spacial score (nSPS) is 10.4. The van der Waals surface area contributed by atoms with Crippen molar-refractivity contribution in [3.63, 3.8) is 0 Å². The highest BCUT2D eigenvalue weighted by Gasteiger charge is 2.09. The number of nitrogens with one attached hydrogen (secondary N) is 1. The monoisotopic (exact) mass is 265 g/mol. The van der Waals surface area contributed by atoms with E-state index in [-0.39, 0.29) is 0 Å². The molecule has 4 heteroatoms. The first kappa shape index (κ1) is 12.3. The fourth-order valence-corrected chi connectivity index (χ4v) is 2.13. The number of aromatic amines is 1. The van der Waals surface area contributed by atoms with E-state index in [1.807, 2.05) is 61.5 Å². The molecular formula is C16H15N3O. The van der Waals surface area contributed by atoms with Crippen molar-refractivity contribution in [2.75, 3.05) is 5.73 Å². The van der Waals surface area contributed by atoms with Crippen LogP contribution in [-0.2, 0) is 0 Å². The Kier molecular flexibility index (Phi) is 3.13. The first-order chi connectivity index (χ1) is 9.74. The molecule has 100 valence electrons. The van der Waals surface area contributed by atoms with Gasteiger partial charge in [0.1, 0.15) is 11.5 Å². The van der Waals surface area contributed by atoms with Gasteiger partial charge in [0.05, 0.1) is 0 Å². The number of rotatable bonds is 3. The Hall–Kier alpha value is -2.75. The molecule has 0 bridgehead atoms. The van der Waals surface area contributed by atoms with Crippen LogP contribution in [0.2, 0.25) is 0 Å². The second kappa shape index (κ2) is 5.09.